The van der Waals surface area contributed by atoms with Crippen LogP contribution in [0.25, 0.3) is 0 Å². The van der Waals surface area contributed by atoms with Crippen molar-refractivity contribution in [1.29, 1.82) is 0 Å². The van der Waals surface area contributed by atoms with E-state index in [1.807, 2.05) is 0 Å². The molecule has 116 valence electrons. The van der Waals surface area contributed by atoms with Gasteiger partial charge in [-0.05, 0) is 43.0 Å². The van der Waals surface area contributed by atoms with Crippen molar-refractivity contribution in [2.24, 2.45) is 11.7 Å². The van der Waals surface area contributed by atoms with Crippen LogP contribution in [0.15, 0.2) is 17.5 Å². The van der Waals surface area contributed by atoms with Crippen molar-refractivity contribution in [3.63, 3.8) is 0 Å². The first-order valence-electron chi connectivity index (χ1n) is 8.32. The summed E-state index contributed by atoms with van der Waals surface area (Å²) in [7, 11) is 0. The zero-order chi connectivity index (χ0) is 14.7. The van der Waals surface area contributed by atoms with Gasteiger partial charge in [-0.15, -0.1) is 11.3 Å². The van der Waals surface area contributed by atoms with Gasteiger partial charge >= 0.3 is 0 Å². The van der Waals surface area contributed by atoms with Gasteiger partial charge in [0.1, 0.15) is 0 Å². The molecule has 1 unspecified atom stereocenters. The van der Waals surface area contributed by atoms with E-state index >= 15 is 0 Å². The molecule has 0 radical (unpaired) electrons. The van der Waals surface area contributed by atoms with E-state index in [0.29, 0.717) is 5.92 Å². The van der Waals surface area contributed by atoms with Crippen LogP contribution in [0.5, 0.6) is 0 Å². The summed E-state index contributed by atoms with van der Waals surface area (Å²) >= 11 is 1.75. The Balaban J connectivity index is 1.73. The first-order chi connectivity index (χ1) is 10.2. The quantitative estimate of drug-likeness (QED) is 0.890. The molecular weight excluding hydrogens is 280 g/mol. The highest BCUT2D eigenvalue weighted by Crippen LogP contribution is 2.38. The van der Waals surface area contributed by atoms with E-state index in [0.717, 1.165) is 25.7 Å². The maximum Gasteiger partial charge on any atom is 0.240 e. The largest absolute Gasteiger partial charge is 0.347 e. The van der Waals surface area contributed by atoms with Crippen LogP contribution in [0.3, 0.4) is 0 Å². The van der Waals surface area contributed by atoms with Crippen molar-refractivity contribution in [1.82, 2.24) is 5.32 Å². The molecule has 1 atom stereocenters. The fourth-order valence-corrected chi connectivity index (χ4v) is 4.74. The normalized spacial score (nSPS) is 23.9. The van der Waals surface area contributed by atoms with E-state index < -0.39 is 5.54 Å². The van der Waals surface area contributed by atoms with Gasteiger partial charge < -0.3 is 11.1 Å². The van der Waals surface area contributed by atoms with Crippen LogP contribution >= 0.6 is 11.3 Å². The number of amides is 1. The molecular formula is C17H26N2OS. The van der Waals surface area contributed by atoms with Crippen LogP contribution in [0.2, 0.25) is 0 Å². The van der Waals surface area contributed by atoms with E-state index in [2.05, 4.69) is 22.8 Å². The molecule has 1 amide bonds. The van der Waals surface area contributed by atoms with Gasteiger partial charge in [-0.2, -0.15) is 0 Å². The molecule has 0 saturated heterocycles. The molecule has 1 heterocycles. The first-order valence-corrected chi connectivity index (χ1v) is 9.20. The Hall–Kier alpha value is -0.870. The molecule has 3 N–H and O–H groups in total. The van der Waals surface area contributed by atoms with Gasteiger partial charge in [0.2, 0.25) is 5.91 Å². The summed E-state index contributed by atoms with van der Waals surface area (Å²) in [5.41, 5.74) is 5.76. The van der Waals surface area contributed by atoms with Gasteiger partial charge in [0.15, 0.2) is 0 Å². The highest BCUT2D eigenvalue weighted by Gasteiger charge is 2.38. The van der Waals surface area contributed by atoms with Crippen molar-refractivity contribution in [3.05, 3.63) is 22.4 Å². The third kappa shape index (κ3) is 3.32. The number of rotatable bonds is 4. The summed E-state index contributed by atoms with van der Waals surface area (Å²) in [4.78, 5) is 14.0. The van der Waals surface area contributed by atoms with Gasteiger partial charge in [0.05, 0.1) is 11.6 Å². The van der Waals surface area contributed by atoms with Crippen molar-refractivity contribution >= 4 is 17.2 Å². The summed E-state index contributed by atoms with van der Waals surface area (Å²) in [6.45, 7) is 0. The number of thiophene rings is 1. The number of hydrogen-bond acceptors (Lipinski definition) is 3. The molecule has 0 aromatic carbocycles. The Morgan fingerprint density at radius 2 is 1.95 bits per heavy atom. The molecule has 2 aliphatic rings. The lowest BCUT2D eigenvalue weighted by Gasteiger charge is -2.34. The average Bonchev–Trinajstić information content (AvgIpc) is 3.18. The van der Waals surface area contributed by atoms with E-state index in [1.165, 1.54) is 37.0 Å². The maximum atomic E-state index is 12.8. The maximum absolute atomic E-state index is 12.8. The Morgan fingerprint density at radius 3 is 2.57 bits per heavy atom. The zero-order valence-electron chi connectivity index (χ0n) is 12.6. The van der Waals surface area contributed by atoms with Crippen LogP contribution in [-0.4, -0.2) is 11.4 Å². The molecule has 0 spiro atoms. The lowest BCUT2D eigenvalue weighted by atomic mass is 9.81. The highest BCUT2D eigenvalue weighted by atomic mass is 32.1. The number of carbonyl (C=O) groups excluding carboxylic acids is 1. The molecule has 2 saturated carbocycles. The van der Waals surface area contributed by atoms with Crippen molar-refractivity contribution in [3.8, 4) is 0 Å². The second-order valence-corrected chi connectivity index (χ2v) is 7.71. The fraction of sp³-hybridized carbons (Fsp3) is 0.706. The summed E-state index contributed by atoms with van der Waals surface area (Å²) in [6, 6.07) is 4.40. The smallest absolute Gasteiger partial charge is 0.240 e. The third-order valence-electron chi connectivity index (χ3n) is 5.21. The van der Waals surface area contributed by atoms with E-state index in [1.54, 1.807) is 11.3 Å². The first kappa shape index (κ1) is 15.0. The molecule has 3 nitrogen and oxygen atoms in total. The minimum atomic E-state index is -0.633. The van der Waals surface area contributed by atoms with Gasteiger partial charge in [-0.25, -0.2) is 0 Å². The summed E-state index contributed by atoms with van der Waals surface area (Å²) < 4.78 is 0. The fourth-order valence-electron chi connectivity index (χ4n) is 3.87. The van der Waals surface area contributed by atoms with Crippen LogP contribution in [-0.2, 0) is 4.79 Å². The molecule has 0 aliphatic heterocycles. The van der Waals surface area contributed by atoms with Gasteiger partial charge in [-0.3, -0.25) is 4.79 Å². The molecule has 4 heteroatoms. The molecule has 1 aromatic rings. The minimum Gasteiger partial charge on any atom is -0.347 e. The number of nitrogens with one attached hydrogen (secondary N) is 1. The van der Waals surface area contributed by atoms with E-state index in [9.17, 15) is 4.79 Å². The third-order valence-corrected chi connectivity index (χ3v) is 6.16. The zero-order valence-corrected chi connectivity index (χ0v) is 13.5. The number of hydrogen-bond donors (Lipinski definition) is 2. The summed E-state index contributed by atoms with van der Waals surface area (Å²) in [6.07, 6.45) is 10.1. The van der Waals surface area contributed by atoms with E-state index in [-0.39, 0.29) is 11.9 Å². The van der Waals surface area contributed by atoms with Crippen molar-refractivity contribution < 1.29 is 4.79 Å². The molecule has 3 rings (SSSR count). The predicted octanol–water partition coefficient (Wildman–Crippen LogP) is 3.76. The predicted molar refractivity (Wildman–Crippen MR) is 87.2 cm³/mol. The van der Waals surface area contributed by atoms with Gasteiger partial charge in [0.25, 0.3) is 0 Å². The molecule has 21 heavy (non-hydrogen) atoms. The van der Waals surface area contributed by atoms with E-state index in [4.69, 9.17) is 5.73 Å². The van der Waals surface area contributed by atoms with Crippen LogP contribution in [0, 0.1) is 5.92 Å². The van der Waals surface area contributed by atoms with Crippen LogP contribution < -0.4 is 11.1 Å². The van der Waals surface area contributed by atoms with Crippen molar-refractivity contribution in [2.45, 2.75) is 69.4 Å². The minimum absolute atomic E-state index is 0.0764. The molecule has 0 bridgehead atoms. The monoisotopic (exact) mass is 306 g/mol. The van der Waals surface area contributed by atoms with Crippen molar-refractivity contribution in [2.75, 3.05) is 0 Å². The molecule has 2 fully saturated rings. The van der Waals surface area contributed by atoms with Gasteiger partial charge in [0, 0.05) is 4.88 Å². The van der Waals surface area contributed by atoms with Gasteiger partial charge in [-0.1, -0.05) is 38.2 Å². The topological polar surface area (TPSA) is 55.1 Å². The second kappa shape index (κ2) is 6.49. The Bertz CT molecular complexity index is 459. The Kier molecular flexibility index (Phi) is 4.65. The average molecular weight is 306 g/mol. The Morgan fingerprint density at radius 1 is 1.24 bits per heavy atom. The molecule has 2 aliphatic carbocycles. The standard InChI is InChI=1S/C17H26N2OS/c18-17(10-4-1-5-11-17)16(20)19-15(13-7-2-3-8-13)14-9-6-12-21-14/h6,9,12-13,15H,1-5,7-8,10-11,18H2,(H,19,20). The summed E-state index contributed by atoms with van der Waals surface area (Å²) in [5, 5.41) is 5.42. The van der Waals surface area contributed by atoms with Crippen LogP contribution in [0.4, 0.5) is 0 Å². The lowest BCUT2D eigenvalue weighted by Crippen LogP contribution is -2.56. The highest BCUT2D eigenvalue weighted by molar-refractivity contribution is 7.10. The number of carbonyl (C=O) groups is 1. The SMILES string of the molecule is NC1(C(=O)NC(c2cccs2)C2CCCC2)CCCCC1. The summed E-state index contributed by atoms with van der Waals surface area (Å²) in [5.74, 6) is 0.660. The Labute approximate surface area is 131 Å². The van der Waals surface area contributed by atoms with Crippen LogP contribution in [0.1, 0.15) is 68.7 Å². The molecule has 1 aromatic heterocycles. The second-order valence-electron chi connectivity index (χ2n) is 6.73. The lowest BCUT2D eigenvalue weighted by molar-refractivity contribution is -0.128. The number of nitrogens with two attached hydrogens (primary N) is 1.